The molecule has 0 aliphatic carbocycles. The number of benzene rings is 1. The molecule has 2 heterocycles. The number of rotatable bonds is 3. The average Bonchev–Trinajstić information content (AvgIpc) is 2.87. The highest BCUT2D eigenvalue weighted by Gasteiger charge is 2.17. The molecular weight excluding hydrogens is 282 g/mol. The van der Waals surface area contributed by atoms with Gasteiger partial charge in [0.15, 0.2) is 0 Å². The Labute approximate surface area is 129 Å². The van der Waals surface area contributed by atoms with Crippen LogP contribution in [0.2, 0.25) is 0 Å². The van der Waals surface area contributed by atoms with E-state index >= 15 is 0 Å². The molecule has 1 nitrogen and oxygen atoms in total. The summed E-state index contributed by atoms with van der Waals surface area (Å²) < 4.78 is 0. The third-order valence-corrected chi connectivity index (χ3v) is 6.42. The summed E-state index contributed by atoms with van der Waals surface area (Å²) in [6.07, 6.45) is 2.16. The topological polar surface area (TPSA) is 26.0 Å². The molecule has 0 spiro atoms. The zero-order chi connectivity index (χ0) is 14.1. The van der Waals surface area contributed by atoms with Gasteiger partial charge in [-0.3, -0.25) is 0 Å². The molecule has 3 heteroatoms. The van der Waals surface area contributed by atoms with Crippen molar-refractivity contribution < 1.29 is 0 Å². The van der Waals surface area contributed by atoms with E-state index in [1.807, 2.05) is 23.1 Å². The zero-order valence-corrected chi connectivity index (χ0v) is 13.7. The van der Waals surface area contributed by atoms with E-state index < -0.39 is 0 Å². The largest absolute Gasteiger partial charge is 0.323 e. The number of nitrogens with two attached hydrogens (primary N) is 1. The molecule has 1 atom stereocenters. The highest BCUT2D eigenvalue weighted by Crippen LogP contribution is 2.34. The first-order chi connectivity index (χ1) is 9.63. The van der Waals surface area contributed by atoms with Crippen molar-refractivity contribution in [2.24, 2.45) is 5.73 Å². The number of hydrogen-bond donors (Lipinski definition) is 1. The van der Waals surface area contributed by atoms with Crippen LogP contribution in [0.5, 0.6) is 0 Å². The molecule has 0 amide bonds. The molecule has 1 aliphatic heterocycles. The molecule has 0 saturated carbocycles. The second-order valence-electron chi connectivity index (χ2n) is 5.63. The molecule has 0 radical (unpaired) electrons. The van der Waals surface area contributed by atoms with Crippen molar-refractivity contribution in [1.82, 2.24) is 0 Å². The predicted octanol–water partition coefficient (Wildman–Crippen LogP) is 4.40. The summed E-state index contributed by atoms with van der Waals surface area (Å²) in [6.45, 7) is 4.33. The molecule has 20 heavy (non-hydrogen) atoms. The van der Waals surface area contributed by atoms with E-state index in [-0.39, 0.29) is 6.04 Å². The molecule has 2 aromatic rings. The maximum Gasteiger partial charge on any atom is 0.0430 e. The fourth-order valence-corrected chi connectivity index (χ4v) is 5.02. The highest BCUT2D eigenvalue weighted by molar-refractivity contribution is 7.98. The molecule has 1 aromatic heterocycles. The molecule has 0 saturated heterocycles. The second-order valence-corrected chi connectivity index (χ2v) is 7.90. The van der Waals surface area contributed by atoms with E-state index in [2.05, 4.69) is 38.1 Å². The van der Waals surface area contributed by atoms with Gasteiger partial charge in [0.25, 0.3) is 0 Å². The fraction of sp³-hybridized carbons (Fsp3) is 0.412. The minimum absolute atomic E-state index is 0.137. The summed E-state index contributed by atoms with van der Waals surface area (Å²) in [5.74, 6) is 2.43. The summed E-state index contributed by atoms with van der Waals surface area (Å²) in [5.41, 5.74) is 12.0. The second kappa shape index (κ2) is 5.92. The highest BCUT2D eigenvalue weighted by atomic mass is 32.2. The van der Waals surface area contributed by atoms with Gasteiger partial charge >= 0.3 is 0 Å². The normalized spacial score (nSPS) is 15.9. The van der Waals surface area contributed by atoms with E-state index in [9.17, 15) is 0 Å². The van der Waals surface area contributed by atoms with Crippen LogP contribution in [0.1, 0.15) is 38.0 Å². The number of fused-ring (bicyclic) bond motifs is 1. The minimum atomic E-state index is 0.137. The first-order valence-electron chi connectivity index (χ1n) is 7.14. The maximum absolute atomic E-state index is 6.43. The smallest absolute Gasteiger partial charge is 0.0430 e. The van der Waals surface area contributed by atoms with Gasteiger partial charge in [-0.25, -0.2) is 0 Å². The summed E-state index contributed by atoms with van der Waals surface area (Å²) in [5, 5.41) is 0. The standard InChI is InChI=1S/C17H21NS2/c1-11-3-4-13(7-12(11)2)8-15(18)17-9-14-10-19-6-5-16(14)20-17/h3-4,7,9,15H,5-6,8,10,18H2,1-2H3. The van der Waals surface area contributed by atoms with Crippen LogP contribution in [0.25, 0.3) is 0 Å². The van der Waals surface area contributed by atoms with Gasteiger partial charge in [-0.15, -0.1) is 11.3 Å². The Bertz CT molecular complexity index is 592. The van der Waals surface area contributed by atoms with Crippen molar-refractivity contribution in [3.63, 3.8) is 0 Å². The van der Waals surface area contributed by atoms with Crippen molar-refractivity contribution in [2.75, 3.05) is 5.75 Å². The summed E-state index contributed by atoms with van der Waals surface area (Å²) >= 11 is 3.97. The summed E-state index contributed by atoms with van der Waals surface area (Å²) in [7, 11) is 0. The monoisotopic (exact) mass is 303 g/mol. The van der Waals surface area contributed by atoms with Crippen LogP contribution < -0.4 is 5.73 Å². The van der Waals surface area contributed by atoms with Crippen molar-refractivity contribution in [2.45, 2.75) is 38.5 Å². The minimum Gasteiger partial charge on any atom is -0.323 e. The van der Waals surface area contributed by atoms with Crippen molar-refractivity contribution in [3.05, 3.63) is 56.3 Å². The van der Waals surface area contributed by atoms with E-state index in [0.29, 0.717) is 0 Å². The first kappa shape index (κ1) is 14.2. The predicted molar refractivity (Wildman–Crippen MR) is 90.7 cm³/mol. The summed E-state index contributed by atoms with van der Waals surface area (Å²) in [6, 6.07) is 9.17. The van der Waals surface area contributed by atoms with Gasteiger partial charge in [0, 0.05) is 21.5 Å². The van der Waals surface area contributed by atoms with E-state index in [1.54, 1.807) is 4.88 Å². The third kappa shape index (κ3) is 2.95. The summed E-state index contributed by atoms with van der Waals surface area (Å²) in [4.78, 5) is 2.92. The van der Waals surface area contributed by atoms with Crippen LogP contribution in [0, 0.1) is 13.8 Å². The van der Waals surface area contributed by atoms with Crippen LogP contribution >= 0.6 is 23.1 Å². The maximum atomic E-state index is 6.43. The lowest BCUT2D eigenvalue weighted by atomic mass is 10.0. The van der Waals surface area contributed by atoms with Gasteiger partial charge < -0.3 is 5.73 Å². The quantitative estimate of drug-likeness (QED) is 0.909. The first-order valence-corrected chi connectivity index (χ1v) is 9.11. The van der Waals surface area contributed by atoms with Gasteiger partial charge in [0.2, 0.25) is 0 Å². The van der Waals surface area contributed by atoms with Crippen molar-refractivity contribution >= 4 is 23.1 Å². The molecular formula is C17H21NS2. The fourth-order valence-electron chi connectivity index (χ4n) is 2.64. The van der Waals surface area contributed by atoms with E-state index in [4.69, 9.17) is 5.73 Å². The number of hydrogen-bond acceptors (Lipinski definition) is 3. The molecule has 3 rings (SSSR count). The Hall–Kier alpha value is -0.770. The van der Waals surface area contributed by atoms with E-state index in [1.165, 1.54) is 45.1 Å². The van der Waals surface area contributed by atoms with E-state index in [0.717, 1.165) is 6.42 Å². The zero-order valence-electron chi connectivity index (χ0n) is 12.1. The van der Waals surface area contributed by atoms with Gasteiger partial charge in [0.05, 0.1) is 0 Å². The van der Waals surface area contributed by atoms with Crippen molar-refractivity contribution in [3.8, 4) is 0 Å². The Kier molecular flexibility index (Phi) is 4.20. The van der Waals surface area contributed by atoms with Crippen LogP contribution in [0.4, 0.5) is 0 Å². The lowest BCUT2D eigenvalue weighted by Crippen LogP contribution is -2.12. The lowest BCUT2D eigenvalue weighted by Gasteiger charge is -2.11. The van der Waals surface area contributed by atoms with Gasteiger partial charge in [-0.05, 0) is 60.8 Å². The van der Waals surface area contributed by atoms with Gasteiger partial charge in [0.1, 0.15) is 0 Å². The third-order valence-electron chi connectivity index (χ3n) is 4.04. The molecule has 1 aromatic carbocycles. The molecule has 106 valence electrons. The Morgan fingerprint density at radius 3 is 2.80 bits per heavy atom. The average molecular weight is 303 g/mol. The molecule has 1 unspecified atom stereocenters. The Morgan fingerprint density at radius 1 is 1.20 bits per heavy atom. The van der Waals surface area contributed by atoms with Crippen molar-refractivity contribution in [1.29, 1.82) is 0 Å². The molecule has 2 N–H and O–H groups in total. The lowest BCUT2D eigenvalue weighted by molar-refractivity contribution is 0.735. The van der Waals surface area contributed by atoms with Crippen LogP contribution in [-0.2, 0) is 18.6 Å². The van der Waals surface area contributed by atoms with Crippen LogP contribution in [0.3, 0.4) is 0 Å². The SMILES string of the molecule is Cc1ccc(CC(N)c2cc3c(s2)CCSC3)cc1C. The Balaban J connectivity index is 1.76. The van der Waals surface area contributed by atoms with Crippen LogP contribution in [0.15, 0.2) is 24.3 Å². The number of thiophene rings is 1. The molecule has 1 aliphatic rings. The van der Waals surface area contributed by atoms with Gasteiger partial charge in [-0.2, -0.15) is 11.8 Å². The van der Waals surface area contributed by atoms with Crippen LogP contribution in [-0.4, -0.2) is 5.75 Å². The molecule has 0 bridgehead atoms. The van der Waals surface area contributed by atoms with Gasteiger partial charge in [-0.1, -0.05) is 18.2 Å². The molecule has 0 fully saturated rings. The number of thioether (sulfide) groups is 1. The Morgan fingerprint density at radius 2 is 2.05 bits per heavy atom. The number of aryl methyl sites for hydroxylation is 3.